The smallest absolute Gasteiger partial charge is 0.358 e. The number of rotatable bonds is 2. The number of carboxylic acid groups (broad SMARTS) is 1. The lowest BCUT2D eigenvalue weighted by atomic mass is 10.1. The first-order valence-corrected chi connectivity index (χ1v) is 5.01. The highest BCUT2D eigenvalue weighted by Gasteiger charge is 2.17. The Kier molecular flexibility index (Phi) is 2.74. The molecule has 6 heteroatoms. The largest absolute Gasteiger partial charge is 0.476 e. The molecular formula is C10H5BrFNO3. The summed E-state index contributed by atoms with van der Waals surface area (Å²) >= 11 is 3.00. The lowest BCUT2D eigenvalue weighted by Gasteiger charge is -1.99. The van der Waals surface area contributed by atoms with E-state index >= 15 is 0 Å². The molecule has 0 fully saturated rings. The number of aromatic carboxylic acids is 1. The van der Waals surface area contributed by atoms with Crippen LogP contribution in [0.15, 0.2) is 33.5 Å². The third kappa shape index (κ3) is 1.83. The number of nitrogens with zero attached hydrogens (tertiary/aromatic N) is 1. The van der Waals surface area contributed by atoms with Crippen LogP contribution in [0.3, 0.4) is 0 Å². The Morgan fingerprint density at radius 3 is 2.88 bits per heavy atom. The van der Waals surface area contributed by atoms with Crippen molar-refractivity contribution in [2.24, 2.45) is 0 Å². The van der Waals surface area contributed by atoms with Crippen molar-refractivity contribution in [1.82, 2.24) is 4.98 Å². The average Bonchev–Trinajstić information content (AvgIpc) is 2.71. The molecule has 1 N–H and O–H groups in total. The van der Waals surface area contributed by atoms with E-state index in [4.69, 9.17) is 9.52 Å². The first-order valence-electron chi connectivity index (χ1n) is 4.22. The number of aromatic nitrogens is 1. The quantitative estimate of drug-likeness (QED) is 0.921. The minimum Gasteiger partial charge on any atom is -0.476 e. The summed E-state index contributed by atoms with van der Waals surface area (Å²) < 4.78 is 18.5. The van der Waals surface area contributed by atoms with Crippen molar-refractivity contribution in [3.8, 4) is 11.3 Å². The van der Waals surface area contributed by atoms with Crippen LogP contribution >= 0.6 is 15.9 Å². The summed E-state index contributed by atoms with van der Waals surface area (Å²) in [5.41, 5.74) is 0.0947. The maximum absolute atomic E-state index is 13.2. The van der Waals surface area contributed by atoms with Gasteiger partial charge in [-0.15, -0.1) is 0 Å². The lowest BCUT2D eigenvalue weighted by molar-refractivity contribution is 0.0691. The molecule has 16 heavy (non-hydrogen) atoms. The van der Waals surface area contributed by atoms with Crippen molar-refractivity contribution in [2.75, 3.05) is 0 Å². The summed E-state index contributed by atoms with van der Waals surface area (Å²) in [4.78, 5) is 14.3. The molecule has 0 aliphatic carbocycles. The molecule has 1 heterocycles. The predicted octanol–water partition coefficient (Wildman–Crippen LogP) is 2.94. The van der Waals surface area contributed by atoms with E-state index in [1.807, 2.05) is 0 Å². The molecule has 0 bridgehead atoms. The second-order valence-electron chi connectivity index (χ2n) is 2.96. The van der Waals surface area contributed by atoms with Crippen LogP contribution in [0.4, 0.5) is 4.39 Å². The van der Waals surface area contributed by atoms with E-state index in [-0.39, 0.29) is 11.5 Å². The third-order valence-corrected chi connectivity index (χ3v) is 2.59. The van der Waals surface area contributed by atoms with Gasteiger partial charge >= 0.3 is 5.97 Å². The van der Waals surface area contributed by atoms with Crippen molar-refractivity contribution < 1.29 is 18.7 Å². The monoisotopic (exact) mass is 285 g/mol. The Hall–Kier alpha value is -1.69. The number of carbonyl (C=O) groups is 1. The van der Waals surface area contributed by atoms with Crippen molar-refractivity contribution in [2.45, 2.75) is 0 Å². The van der Waals surface area contributed by atoms with Gasteiger partial charge in [-0.05, 0) is 34.1 Å². The van der Waals surface area contributed by atoms with E-state index in [2.05, 4.69) is 20.9 Å². The fourth-order valence-corrected chi connectivity index (χ4v) is 1.49. The summed E-state index contributed by atoms with van der Waals surface area (Å²) in [6.07, 6.45) is 1.01. The van der Waals surface area contributed by atoms with Crippen molar-refractivity contribution >= 4 is 21.9 Å². The van der Waals surface area contributed by atoms with E-state index in [1.165, 1.54) is 12.1 Å². The first-order chi connectivity index (χ1) is 7.59. The zero-order chi connectivity index (χ0) is 11.7. The van der Waals surface area contributed by atoms with Crippen LogP contribution in [-0.4, -0.2) is 16.1 Å². The van der Waals surface area contributed by atoms with Gasteiger partial charge in [-0.2, -0.15) is 0 Å². The Morgan fingerprint density at radius 2 is 2.25 bits per heavy atom. The molecule has 4 nitrogen and oxygen atoms in total. The fraction of sp³-hybridized carbons (Fsp3) is 0. The second kappa shape index (κ2) is 4.05. The van der Waals surface area contributed by atoms with Gasteiger partial charge in [-0.25, -0.2) is 14.2 Å². The molecule has 82 valence electrons. The first kappa shape index (κ1) is 10.8. The highest BCUT2D eigenvalue weighted by molar-refractivity contribution is 9.10. The van der Waals surface area contributed by atoms with Gasteiger partial charge in [0.05, 0.1) is 4.47 Å². The summed E-state index contributed by atoms with van der Waals surface area (Å²) in [5, 5.41) is 8.81. The van der Waals surface area contributed by atoms with Gasteiger partial charge in [-0.3, -0.25) is 0 Å². The molecule has 2 aromatic rings. The van der Waals surface area contributed by atoms with Crippen LogP contribution in [0.1, 0.15) is 10.5 Å². The van der Waals surface area contributed by atoms with Gasteiger partial charge in [0.1, 0.15) is 5.82 Å². The van der Waals surface area contributed by atoms with Crippen LogP contribution < -0.4 is 0 Å². The normalized spacial score (nSPS) is 10.4. The van der Waals surface area contributed by atoms with Crippen LogP contribution in [0.2, 0.25) is 0 Å². The Labute approximate surface area is 97.9 Å². The minimum absolute atomic E-state index is 0.0406. The van der Waals surface area contributed by atoms with E-state index < -0.39 is 11.8 Å². The van der Waals surface area contributed by atoms with Crippen molar-refractivity contribution in [3.63, 3.8) is 0 Å². The highest BCUT2D eigenvalue weighted by Crippen LogP contribution is 2.26. The molecule has 0 radical (unpaired) electrons. The molecule has 0 aliphatic rings. The molecule has 2 rings (SSSR count). The van der Waals surface area contributed by atoms with Crippen molar-refractivity contribution in [1.29, 1.82) is 0 Å². The second-order valence-corrected chi connectivity index (χ2v) is 3.82. The van der Waals surface area contributed by atoms with E-state index in [0.717, 1.165) is 6.39 Å². The number of halogens is 2. The van der Waals surface area contributed by atoms with E-state index in [1.54, 1.807) is 6.07 Å². The van der Waals surface area contributed by atoms with Gasteiger partial charge in [0, 0.05) is 5.56 Å². The predicted molar refractivity (Wildman–Crippen MR) is 56.6 cm³/mol. The summed E-state index contributed by atoms with van der Waals surface area (Å²) in [6.45, 7) is 0. The molecular weight excluding hydrogens is 281 g/mol. The number of benzene rings is 1. The molecule has 0 atom stereocenters. The maximum Gasteiger partial charge on any atom is 0.358 e. The standard InChI is InChI=1S/C10H5BrFNO3/c11-6-2-1-5(3-7(6)12)9-8(10(14)15)13-4-16-9/h1-4H,(H,14,15). The molecule has 0 unspecified atom stereocenters. The third-order valence-electron chi connectivity index (χ3n) is 1.95. The number of carboxylic acids is 1. The molecule has 0 aliphatic heterocycles. The number of hydrogen-bond donors (Lipinski definition) is 1. The fourth-order valence-electron chi connectivity index (χ4n) is 1.24. The summed E-state index contributed by atoms with van der Waals surface area (Å²) in [6, 6.07) is 4.19. The van der Waals surface area contributed by atoms with Gasteiger partial charge in [0.2, 0.25) is 0 Å². The number of oxazole rings is 1. The van der Waals surface area contributed by atoms with Crippen molar-refractivity contribution in [3.05, 3.63) is 40.6 Å². The molecule has 1 aromatic heterocycles. The molecule has 0 spiro atoms. The van der Waals surface area contributed by atoms with Crippen LogP contribution in [0.5, 0.6) is 0 Å². The van der Waals surface area contributed by atoms with Gasteiger partial charge in [0.25, 0.3) is 0 Å². The lowest BCUT2D eigenvalue weighted by Crippen LogP contribution is -1.98. The summed E-state index contributed by atoms with van der Waals surface area (Å²) in [5.74, 6) is -1.67. The highest BCUT2D eigenvalue weighted by atomic mass is 79.9. The Morgan fingerprint density at radius 1 is 1.50 bits per heavy atom. The SMILES string of the molecule is O=C(O)c1ncoc1-c1ccc(Br)c(F)c1. The number of hydrogen-bond acceptors (Lipinski definition) is 3. The average molecular weight is 286 g/mol. The molecule has 0 saturated heterocycles. The zero-order valence-corrected chi connectivity index (χ0v) is 9.36. The Bertz CT molecular complexity index is 553. The summed E-state index contributed by atoms with van der Waals surface area (Å²) in [7, 11) is 0. The van der Waals surface area contributed by atoms with Crippen LogP contribution in [-0.2, 0) is 0 Å². The van der Waals surface area contributed by atoms with Crippen LogP contribution in [0, 0.1) is 5.82 Å². The zero-order valence-electron chi connectivity index (χ0n) is 7.78. The maximum atomic E-state index is 13.2. The minimum atomic E-state index is -1.22. The van der Waals surface area contributed by atoms with Crippen LogP contribution in [0.25, 0.3) is 11.3 Å². The van der Waals surface area contributed by atoms with Gasteiger partial charge in [0.15, 0.2) is 17.8 Å². The van der Waals surface area contributed by atoms with Gasteiger partial charge in [-0.1, -0.05) is 0 Å². The van der Waals surface area contributed by atoms with Gasteiger partial charge < -0.3 is 9.52 Å². The molecule has 0 saturated carbocycles. The Balaban J connectivity index is 2.54. The molecule has 1 aromatic carbocycles. The topological polar surface area (TPSA) is 63.3 Å². The van der Waals surface area contributed by atoms with E-state index in [0.29, 0.717) is 10.0 Å². The van der Waals surface area contributed by atoms with E-state index in [9.17, 15) is 9.18 Å². The molecule has 0 amide bonds.